The number of hydrogen-bond donors (Lipinski definition) is 3. The number of aromatic nitrogens is 1. The third kappa shape index (κ3) is 4.61. The first-order chi connectivity index (χ1) is 18.7. The molecule has 1 unspecified atom stereocenters. The van der Waals surface area contributed by atoms with Gasteiger partial charge in [0.15, 0.2) is 28.7 Å². The van der Waals surface area contributed by atoms with Crippen molar-refractivity contribution in [3.63, 3.8) is 0 Å². The topological polar surface area (TPSA) is 70.3 Å². The zero-order valence-corrected chi connectivity index (χ0v) is 23.6. The molecule has 2 aliphatic rings. The number of fused-ring (bicyclic) bond motifs is 2. The number of piperidine rings is 1. The van der Waals surface area contributed by atoms with Crippen LogP contribution in [-0.4, -0.2) is 36.4 Å². The van der Waals surface area contributed by atoms with E-state index in [1.54, 1.807) is 6.07 Å². The first-order valence-corrected chi connectivity index (χ1v) is 14.1. The Balaban J connectivity index is 1.51. The maximum atomic E-state index is 11.5. The van der Waals surface area contributed by atoms with Gasteiger partial charge >= 0.3 is 0 Å². The van der Waals surface area contributed by atoms with Gasteiger partial charge in [-0.3, -0.25) is 4.48 Å². The molecule has 7 heteroatoms. The molecule has 0 bridgehead atoms. The number of aromatic hydroxyl groups is 1. The lowest BCUT2D eigenvalue weighted by atomic mass is 9.74. The zero-order valence-electron chi connectivity index (χ0n) is 22.8. The SMILES string of the molecule is CC(C)(C)C[N+]1(c2ccccc2Nc2cc(-c3ccccc3)on2)CC2(CCNCC2)c2c(Cl)ccc(O)c21. The second kappa shape index (κ2) is 9.70. The lowest BCUT2D eigenvalue weighted by molar-refractivity contribution is 0.212. The van der Waals surface area contributed by atoms with Crippen molar-refractivity contribution in [2.24, 2.45) is 5.41 Å². The van der Waals surface area contributed by atoms with Crippen LogP contribution in [-0.2, 0) is 5.41 Å². The van der Waals surface area contributed by atoms with Gasteiger partial charge in [0.25, 0.3) is 0 Å². The zero-order chi connectivity index (χ0) is 27.3. The predicted octanol–water partition coefficient (Wildman–Crippen LogP) is 7.76. The van der Waals surface area contributed by atoms with Crippen LogP contribution in [0.25, 0.3) is 11.3 Å². The Morgan fingerprint density at radius 3 is 2.49 bits per heavy atom. The summed E-state index contributed by atoms with van der Waals surface area (Å²) in [6.07, 6.45) is 1.96. The van der Waals surface area contributed by atoms with Gasteiger partial charge in [0, 0.05) is 28.7 Å². The number of phenolic OH excluding ortho intramolecular Hbond substituents is 1. The van der Waals surface area contributed by atoms with Gasteiger partial charge in [0.05, 0.1) is 23.5 Å². The average molecular weight is 544 g/mol. The second-order valence-corrected chi connectivity index (χ2v) is 12.7. The Hall–Kier alpha value is -3.32. The molecule has 1 spiro atoms. The van der Waals surface area contributed by atoms with Gasteiger partial charge in [0.2, 0.25) is 0 Å². The van der Waals surface area contributed by atoms with Crippen LogP contribution in [0.4, 0.5) is 22.9 Å². The molecule has 1 fully saturated rings. The number of anilines is 2. The highest BCUT2D eigenvalue weighted by Crippen LogP contribution is 2.61. The van der Waals surface area contributed by atoms with E-state index in [0.29, 0.717) is 21.8 Å². The van der Waals surface area contributed by atoms with Crippen molar-refractivity contribution in [3.8, 4) is 17.1 Å². The minimum atomic E-state index is -0.122. The molecule has 0 aliphatic carbocycles. The lowest BCUT2D eigenvalue weighted by Crippen LogP contribution is -2.53. The van der Waals surface area contributed by atoms with E-state index in [-0.39, 0.29) is 10.8 Å². The molecule has 4 aromatic rings. The number of halogens is 1. The number of quaternary nitrogens is 1. The van der Waals surface area contributed by atoms with Crippen molar-refractivity contribution in [2.45, 2.75) is 39.0 Å². The Labute approximate surface area is 235 Å². The van der Waals surface area contributed by atoms with Crippen molar-refractivity contribution in [3.05, 3.63) is 83.4 Å². The summed E-state index contributed by atoms with van der Waals surface area (Å²) in [4.78, 5) is 0. The quantitative estimate of drug-likeness (QED) is 0.224. The molecule has 0 saturated carbocycles. The van der Waals surface area contributed by atoms with Crippen LogP contribution in [0.15, 0.2) is 77.3 Å². The van der Waals surface area contributed by atoms with E-state index in [0.717, 1.165) is 72.2 Å². The number of para-hydroxylation sites is 2. The van der Waals surface area contributed by atoms with Crippen molar-refractivity contribution < 1.29 is 9.63 Å². The van der Waals surface area contributed by atoms with Gasteiger partial charge < -0.3 is 20.3 Å². The monoisotopic (exact) mass is 543 g/mol. The maximum Gasteiger partial charge on any atom is 0.185 e. The molecular weight excluding hydrogens is 508 g/mol. The molecule has 6 nitrogen and oxygen atoms in total. The summed E-state index contributed by atoms with van der Waals surface area (Å²) in [5.74, 6) is 1.65. The van der Waals surface area contributed by atoms with Crippen molar-refractivity contribution in [2.75, 3.05) is 31.5 Å². The Kier molecular flexibility index (Phi) is 6.45. The molecule has 39 heavy (non-hydrogen) atoms. The summed E-state index contributed by atoms with van der Waals surface area (Å²) in [6, 6.07) is 23.9. The van der Waals surface area contributed by atoms with E-state index in [1.165, 1.54) is 0 Å². The molecule has 1 aromatic heterocycles. The number of rotatable bonds is 5. The van der Waals surface area contributed by atoms with Gasteiger partial charge in [-0.25, -0.2) is 0 Å². The van der Waals surface area contributed by atoms with E-state index in [9.17, 15) is 5.11 Å². The van der Waals surface area contributed by atoms with Crippen LogP contribution in [0.5, 0.6) is 5.75 Å². The van der Waals surface area contributed by atoms with Gasteiger partial charge in [-0.05, 0) is 44.1 Å². The lowest BCUT2D eigenvalue weighted by Gasteiger charge is -2.42. The standard InChI is InChI=1S/C32H35ClN4O2/c1-31(2,3)20-37(21-32(15-17-34-18-16-32)29-23(33)13-14-26(38)30(29)37)25-12-8-7-11-24(25)35-28-19-27(39-36-28)22-9-5-4-6-10-22/h4-14,19,34H,15-18,20-21H2,1-3H3,(H-,35,36,38)/p+1. The highest BCUT2D eigenvalue weighted by molar-refractivity contribution is 6.32. The molecular formula is C32H36ClN4O2+. The molecule has 202 valence electrons. The molecule has 3 heterocycles. The molecule has 0 amide bonds. The summed E-state index contributed by atoms with van der Waals surface area (Å²) in [5.41, 5.74) is 4.88. The van der Waals surface area contributed by atoms with E-state index in [1.807, 2.05) is 48.5 Å². The van der Waals surface area contributed by atoms with Gasteiger partial charge in [-0.2, -0.15) is 0 Å². The van der Waals surface area contributed by atoms with Crippen LogP contribution < -0.4 is 15.1 Å². The first kappa shape index (κ1) is 25.9. The number of benzene rings is 3. The van der Waals surface area contributed by atoms with Crippen molar-refractivity contribution in [1.82, 2.24) is 15.0 Å². The predicted molar refractivity (Wildman–Crippen MR) is 159 cm³/mol. The highest BCUT2D eigenvalue weighted by atomic mass is 35.5. The van der Waals surface area contributed by atoms with Crippen LogP contribution in [0.2, 0.25) is 5.02 Å². The molecule has 3 N–H and O–H groups in total. The molecule has 2 aliphatic heterocycles. The Bertz CT molecular complexity index is 1490. The average Bonchev–Trinajstić information content (AvgIpc) is 3.48. The summed E-state index contributed by atoms with van der Waals surface area (Å²) < 4.78 is 6.20. The highest BCUT2D eigenvalue weighted by Gasteiger charge is 2.58. The van der Waals surface area contributed by atoms with Crippen LogP contribution in [0.3, 0.4) is 0 Å². The largest absolute Gasteiger partial charge is 0.503 e. The van der Waals surface area contributed by atoms with Crippen LogP contribution >= 0.6 is 11.6 Å². The maximum absolute atomic E-state index is 11.5. The number of hydrogen-bond acceptors (Lipinski definition) is 5. The molecule has 1 saturated heterocycles. The smallest absolute Gasteiger partial charge is 0.185 e. The van der Waals surface area contributed by atoms with E-state index < -0.39 is 0 Å². The van der Waals surface area contributed by atoms with E-state index >= 15 is 0 Å². The van der Waals surface area contributed by atoms with Gasteiger partial charge in [-0.1, -0.05) is 80.0 Å². The Morgan fingerprint density at radius 2 is 1.74 bits per heavy atom. The second-order valence-electron chi connectivity index (χ2n) is 12.2. The number of phenols is 1. The molecule has 6 rings (SSSR count). The van der Waals surface area contributed by atoms with E-state index in [4.69, 9.17) is 16.1 Å². The summed E-state index contributed by atoms with van der Waals surface area (Å²) in [6.45, 7) is 10.3. The third-order valence-corrected chi connectivity index (χ3v) is 8.45. The minimum Gasteiger partial charge on any atom is -0.503 e. The minimum absolute atomic E-state index is 0.0358. The number of nitrogens with one attached hydrogen (secondary N) is 2. The Morgan fingerprint density at radius 1 is 1.03 bits per heavy atom. The third-order valence-electron chi connectivity index (χ3n) is 8.14. The van der Waals surface area contributed by atoms with Crippen LogP contribution in [0.1, 0.15) is 39.2 Å². The van der Waals surface area contributed by atoms with Crippen molar-refractivity contribution >= 4 is 34.5 Å². The fourth-order valence-electron chi connectivity index (χ4n) is 6.88. The summed E-state index contributed by atoms with van der Waals surface area (Å²) in [7, 11) is 0. The number of nitrogens with zero attached hydrogens (tertiary/aromatic N) is 2. The van der Waals surface area contributed by atoms with Gasteiger partial charge in [0.1, 0.15) is 5.69 Å². The summed E-state index contributed by atoms with van der Waals surface area (Å²) in [5, 5.41) is 23.7. The summed E-state index contributed by atoms with van der Waals surface area (Å²) >= 11 is 7.00. The molecule has 3 aromatic carbocycles. The van der Waals surface area contributed by atoms with Crippen molar-refractivity contribution in [1.29, 1.82) is 0 Å². The fourth-order valence-corrected chi connectivity index (χ4v) is 7.23. The molecule has 1 atom stereocenters. The van der Waals surface area contributed by atoms with Crippen LogP contribution in [0, 0.1) is 5.41 Å². The first-order valence-electron chi connectivity index (χ1n) is 13.7. The van der Waals surface area contributed by atoms with E-state index in [2.05, 4.69) is 54.8 Å². The normalized spacial score (nSPS) is 20.2. The fraction of sp³-hybridized carbons (Fsp3) is 0.344. The van der Waals surface area contributed by atoms with Gasteiger partial charge in [-0.15, -0.1) is 0 Å². The molecule has 0 radical (unpaired) electrons.